The SMILES string of the molecule is Cc1ccc(Cl)c(NC(=O)NC(=O)C(C)Cl)c1Cl. The molecule has 0 saturated carbocycles. The van der Waals surface area contributed by atoms with Crippen molar-refractivity contribution >= 4 is 52.4 Å². The van der Waals surface area contributed by atoms with Crippen LogP contribution in [0.3, 0.4) is 0 Å². The molecule has 0 aliphatic heterocycles. The molecule has 0 saturated heterocycles. The van der Waals surface area contributed by atoms with Gasteiger partial charge in [-0.1, -0.05) is 29.3 Å². The summed E-state index contributed by atoms with van der Waals surface area (Å²) >= 11 is 17.4. The van der Waals surface area contributed by atoms with Crippen molar-refractivity contribution in [3.05, 3.63) is 27.7 Å². The number of carbonyl (C=O) groups is 2. The number of anilines is 1. The van der Waals surface area contributed by atoms with Crippen molar-refractivity contribution in [2.75, 3.05) is 5.32 Å². The highest BCUT2D eigenvalue weighted by atomic mass is 35.5. The van der Waals surface area contributed by atoms with Crippen molar-refractivity contribution in [3.8, 4) is 0 Å². The van der Waals surface area contributed by atoms with Crippen molar-refractivity contribution in [2.24, 2.45) is 0 Å². The number of urea groups is 1. The van der Waals surface area contributed by atoms with Gasteiger partial charge in [-0.25, -0.2) is 4.79 Å². The average Bonchev–Trinajstić information content (AvgIpc) is 2.29. The second-order valence-corrected chi connectivity index (χ2v) is 5.05. The Morgan fingerprint density at radius 1 is 1.28 bits per heavy atom. The molecule has 0 aliphatic rings. The summed E-state index contributed by atoms with van der Waals surface area (Å²) < 4.78 is 0. The molecule has 2 N–H and O–H groups in total. The van der Waals surface area contributed by atoms with Crippen molar-refractivity contribution in [1.82, 2.24) is 5.32 Å². The summed E-state index contributed by atoms with van der Waals surface area (Å²) in [5.41, 5.74) is 1.01. The number of benzene rings is 1. The Bertz CT molecular complexity index is 489. The predicted molar refractivity (Wildman–Crippen MR) is 73.7 cm³/mol. The molecule has 1 aromatic rings. The van der Waals surface area contributed by atoms with Crippen LogP contribution in [0.5, 0.6) is 0 Å². The third-order valence-corrected chi connectivity index (χ3v) is 3.12. The molecule has 0 aliphatic carbocycles. The molecular formula is C11H11Cl3N2O2. The van der Waals surface area contributed by atoms with Gasteiger partial charge in [-0.15, -0.1) is 11.6 Å². The summed E-state index contributed by atoms with van der Waals surface area (Å²) in [6, 6.07) is 2.59. The molecule has 0 heterocycles. The summed E-state index contributed by atoms with van der Waals surface area (Å²) in [6.45, 7) is 3.23. The van der Waals surface area contributed by atoms with Crippen LogP contribution >= 0.6 is 34.8 Å². The molecule has 0 radical (unpaired) electrons. The fourth-order valence-electron chi connectivity index (χ4n) is 1.13. The number of aryl methyl sites for hydroxylation is 1. The van der Waals surface area contributed by atoms with Crippen LogP contribution in [-0.4, -0.2) is 17.3 Å². The van der Waals surface area contributed by atoms with E-state index in [1.54, 1.807) is 19.1 Å². The zero-order valence-electron chi connectivity index (χ0n) is 9.68. The molecule has 0 aromatic heterocycles. The number of halogens is 3. The fourth-order valence-corrected chi connectivity index (χ4v) is 1.65. The molecule has 0 bridgehead atoms. The highest BCUT2D eigenvalue weighted by Gasteiger charge is 2.16. The van der Waals surface area contributed by atoms with Gasteiger partial charge in [0.25, 0.3) is 0 Å². The first kappa shape index (κ1) is 15.1. The van der Waals surface area contributed by atoms with Crippen LogP contribution in [0.2, 0.25) is 10.0 Å². The van der Waals surface area contributed by atoms with Crippen LogP contribution in [0, 0.1) is 6.92 Å². The minimum atomic E-state index is -0.806. The van der Waals surface area contributed by atoms with E-state index >= 15 is 0 Å². The van der Waals surface area contributed by atoms with Crippen molar-refractivity contribution < 1.29 is 9.59 Å². The van der Waals surface area contributed by atoms with Crippen molar-refractivity contribution in [3.63, 3.8) is 0 Å². The molecule has 7 heteroatoms. The van der Waals surface area contributed by atoms with E-state index in [-0.39, 0.29) is 10.7 Å². The number of carbonyl (C=O) groups excluding carboxylic acids is 2. The average molecular weight is 310 g/mol. The zero-order valence-corrected chi connectivity index (χ0v) is 12.0. The minimum Gasteiger partial charge on any atom is -0.305 e. The highest BCUT2D eigenvalue weighted by Crippen LogP contribution is 2.32. The first-order valence-corrected chi connectivity index (χ1v) is 6.22. The topological polar surface area (TPSA) is 58.2 Å². The van der Waals surface area contributed by atoms with Gasteiger partial charge in [0.05, 0.1) is 15.7 Å². The van der Waals surface area contributed by atoms with Gasteiger partial charge in [-0.2, -0.15) is 0 Å². The molecular weight excluding hydrogens is 298 g/mol. The highest BCUT2D eigenvalue weighted by molar-refractivity contribution is 6.40. The zero-order chi connectivity index (χ0) is 13.9. The van der Waals surface area contributed by atoms with E-state index in [1.165, 1.54) is 6.92 Å². The normalized spacial score (nSPS) is 11.8. The number of hydrogen-bond acceptors (Lipinski definition) is 2. The van der Waals surface area contributed by atoms with Gasteiger partial charge >= 0.3 is 6.03 Å². The summed E-state index contributed by atoms with van der Waals surface area (Å²) in [7, 11) is 0. The third-order valence-electron chi connectivity index (χ3n) is 2.12. The summed E-state index contributed by atoms with van der Waals surface area (Å²) in [5, 5.41) is 4.28. The maximum atomic E-state index is 11.5. The molecule has 18 heavy (non-hydrogen) atoms. The van der Waals surface area contributed by atoms with Gasteiger partial charge in [-0.3, -0.25) is 10.1 Å². The molecule has 0 spiro atoms. The molecule has 1 unspecified atom stereocenters. The lowest BCUT2D eigenvalue weighted by Gasteiger charge is -2.11. The summed E-state index contributed by atoms with van der Waals surface area (Å²) in [6.07, 6.45) is 0. The molecule has 1 atom stereocenters. The molecule has 1 aromatic carbocycles. The van der Waals surface area contributed by atoms with Gasteiger partial charge in [-0.05, 0) is 25.5 Å². The molecule has 3 amide bonds. The maximum Gasteiger partial charge on any atom is 0.326 e. The Hall–Kier alpha value is -0.970. The van der Waals surface area contributed by atoms with E-state index < -0.39 is 17.3 Å². The Balaban J connectivity index is 2.83. The van der Waals surface area contributed by atoms with Crippen LogP contribution in [-0.2, 0) is 4.79 Å². The first-order chi connectivity index (χ1) is 8.32. The van der Waals surface area contributed by atoms with Crippen LogP contribution in [0.4, 0.5) is 10.5 Å². The summed E-state index contributed by atoms with van der Waals surface area (Å²) in [4.78, 5) is 22.7. The number of amides is 3. The lowest BCUT2D eigenvalue weighted by atomic mass is 10.2. The third kappa shape index (κ3) is 3.77. The largest absolute Gasteiger partial charge is 0.326 e. The smallest absolute Gasteiger partial charge is 0.305 e. The Morgan fingerprint density at radius 2 is 1.89 bits per heavy atom. The van der Waals surface area contributed by atoms with Crippen molar-refractivity contribution in [2.45, 2.75) is 19.2 Å². The van der Waals surface area contributed by atoms with Crippen LogP contribution in [0.25, 0.3) is 0 Å². The van der Waals surface area contributed by atoms with Gasteiger partial charge in [0.2, 0.25) is 5.91 Å². The quantitative estimate of drug-likeness (QED) is 0.820. The van der Waals surface area contributed by atoms with Gasteiger partial charge in [0.1, 0.15) is 5.38 Å². The van der Waals surface area contributed by atoms with Crippen molar-refractivity contribution in [1.29, 1.82) is 0 Å². The number of alkyl halides is 1. The number of imide groups is 1. The van der Waals surface area contributed by atoms with Crippen LogP contribution in [0.1, 0.15) is 12.5 Å². The second-order valence-electron chi connectivity index (χ2n) is 3.61. The van der Waals surface area contributed by atoms with E-state index in [9.17, 15) is 9.59 Å². The molecule has 1 rings (SSSR count). The van der Waals surface area contributed by atoms with E-state index in [4.69, 9.17) is 34.8 Å². The lowest BCUT2D eigenvalue weighted by molar-refractivity contribution is -0.119. The van der Waals surface area contributed by atoms with Gasteiger partial charge < -0.3 is 5.32 Å². The lowest BCUT2D eigenvalue weighted by Crippen LogP contribution is -2.38. The monoisotopic (exact) mass is 308 g/mol. The van der Waals surface area contributed by atoms with Gasteiger partial charge in [0.15, 0.2) is 0 Å². The van der Waals surface area contributed by atoms with E-state index in [0.717, 1.165) is 5.56 Å². The molecule has 0 fully saturated rings. The predicted octanol–water partition coefficient (Wildman–Crippen LogP) is 3.58. The first-order valence-electron chi connectivity index (χ1n) is 5.03. The Labute approximate surface area is 120 Å². The minimum absolute atomic E-state index is 0.255. The maximum absolute atomic E-state index is 11.5. The number of rotatable bonds is 2. The van der Waals surface area contributed by atoms with E-state index in [1.807, 2.05) is 0 Å². The van der Waals surface area contributed by atoms with E-state index in [0.29, 0.717) is 5.02 Å². The second kappa shape index (κ2) is 6.27. The standard InChI is InChI=1S/C11H11Cl3N2O2/c1-5-3-4-7(13)9(8(5)14)15-11(18)16-10(17)6(2)12/h3-4,6H,1-2H3,(H2,15,16,17,18). The van der Waals surface area contributed by atoms with Gasteiger partial charge in [0, 0.05) is 0 Å². The summed E-state index contributed by atoms with van der Waals surface area (Å²) in [5.74, 6) is -0.603. The van der Waals surface area contributed by atoms with E-state index in [2.05, 4.69) is 10.6 Å². The molecule has 4 nitrogen and oxygen atoms in total. The fraction of sp³-hybridized carbons (Fsp3) is 0.273. The Kier molecular flexibility index (Phi) is 5.26. The van der Waals surface area contributed by atoms with Crippen LogP contribution in [0.15, 0.2) is 12.1 Å². The van der Waals surface area contributed by atoms with Crippen LogP contribution < -0.4 is 10.6 Å². The molecule has 98 valence electrons. The number of hydrogen-bond donors (Lipinski definition) is 2. The Morgan fingerprint density at radius 3 is 2.44 bits per heavy atom. The number of nitrogens with one attached hydrogen (secondary N) is 2.